The third-order valence-corrected chi connectivity index (χ3v) is 3.69. The summed E-state index contributed by atoms with van der Waals surface area (Å²) in [7, 11) is 0. The van der Waals surface area contributed by atoms with Crippen molar-refractivity contribution in [3.63, 3.8) is 0 Å². The monoisotopic (exact) mass is 291 g/mol. The lowest BCUT2D eigenvalue weighted by Gasteiger charge is -2.23. The molecule has 0 amide bonds. The largest absolute Gasteiger partial charge is 0.388 e. The van der Waals surface area contributed by atoms with Gasteiger partial charge in [-0.2, -0.15) is 0 Å². The maximum Gasteiger partial charge on any atom is 0.0830 e. The minimum absolute atomic E-state index is 0.466. The van der Waals surface area contributed by atoms with Crippen molar-refractivity contribution in [2.45, 2.75) is 57.7 Å². The minimum Gasteiger partial charge on any atom is -0.388 e. The van der Waals surface area contributed by atoms with E-state index < -0.39 is 11.7 Å². The first-order valence-corrected chi connectivity index (χ1v) is 7.94. The Morgan fingerprint density at radius 3 is 2.48 bits per heavy atom. The van der Waals surface area contributed by atoms with Gasteiger partial charge in [0.25, 0.3) is 0 Å². The van der Waals surface area contributed by atoms with Gasteiger partial charge in [-0.3, -0.25) is 0 Å². The van der Waals surface area contributed by atoms with Gasteiger partial charge < -0.3 is 15.9 Å². The van der Waals surface area contributed by atoms with E-state index >= 15 is 0 Å². The lowest BCUT2D eigenvalue weighted by Crippen LogP contribution is -2.24. The summed E-state index contributed by atoms with van der Waals surface area (Å²) in [6, 6.07) is 7.76. The molecular weight excluding hydrogens is 262 g/mol. The van der Waals surface area contributed by atoms with E-state index in [1.54, 1.807) is 0 Å². The van der Waals surface area contributed by atoms with Gasteiger partial charge in [0.2, 0.25) is 0 Å². The Labute approximate surface area is 128 Å². The van der Waals surface area contributed by atoms with Gasteiger partial charge in [0.1, 0.15) is 0 Å². The minimum atomic E-state index is -0.727. The smallest absolute Gasteiger partial charge is 0.0830 e. The van der Waals surface area contributed by atoms with E-state index in [1.165, 1.54) is 0 Å². The fourth-order valence-corrected chi connectivity index (χ4v) is 2.60. The molecule has 3 nitrogen and oxygen atoms in total. The fourth-order valence-electron chi connectivity index (χ4n) is 2.60. The maximum absolute atomic E-state index is 10.6. The molecule has 0 heterocycles. The molecule has 1 rings (SSSR count). The standard InChI is InChI=1S/C18H29NO2/c1-3-10-18(21,11-4-2)12-8-15-6-5-7-16(14-15)17(20)9-13-19/h5-8,12,14,17,20-21H,3-4,9-11,13,19H2,1-2H3/b12-8+. The predicted molar refractivity (Wildman–Crippen MR) is 88.9 cm³/mol. The molecule has 1 unspecified atom stereocenters. The summed E-state index contributed by atoms with van der Waals surface area (Å²) >= 11 is 0. The Balaban J connectivity index is 2.85. The third kappa shape index (κ3) is 6.00. The molecule has 0 saturated carbocycles. The number of aliphatic hydroxyl groups excluding tert-OH is 1. The second-order valence-corrected chi connectivity index (χ2v) is 5.70. The van der Waals surface area contributed by atoms with Crippen molar-refractivity contribution < 1.29 is 10.2 Å². The van der Waals surface area contributed by atoms with Crippen LogP contribution >= 0.6 is 0 Å². The van der Waals surface area contributed by atoms with Crippen molar-refractivity contribution in [1.29, 1.82) is 0 Å². The SMILES string of the molecule is CCCC(O)(/C=C/c1cccc(C(O)CCN)c1)CCC. The molecule has 0 bridgehead atoms. The van der Waals surface area contributed by atoms with Crippen molar-refractivity contribution in [1.82, 2.24) is 0 Å². The van der Waals surface area contributed by atoms with Gasteiger partial charge in [0.05, 0.1) is 11.7 Å². The molecule has 0 saturated heterocycles. The first kappa shape index (κ1) is 17.9. The maximum atomic E-state index is 10.6. The van der Waals surface area contributed by atoms with Crippen LogP contribution in [0.15, 0.2) is 30.3 Å². The molecule has 3 heteroatoms. The zero-order chi connectivity index (χ0) is 15.7. The van der Waals surface area contributed by atoms with E-state index in [1.807, 2.05) is 36.4 Å². The van der Waals surface area contributed by atoms with E-state index in [-0.39, 0.29) is 0 Å². The van der Waals surface area contributed by atoms with Crippen LogP contribution in [-0.4, -0.2) is 22.4 Å². The highest BCUT2D eigenvalue weighted by Crippen LogP contribution is 2.23. The van der Waals surface area contributed by atoms with E-state index in [0.29, 0.717) is 13.0 Å². The fraction of sp³-hybridized carbons (Fsp3) is 0.556. The van der Waals surface area contributed by atoms with Crippen molar-refractivity contribution in [3.05, 3.63) is 41.5 Å². The molecule has 0 spiro atoms. The number of hydrogen-bond acceptors (Lipinski definition) is 3. The van der Waals surface area contributed by atoms with Crippen LogP contribution in [0.3, 0.4) is 0 Å². The molecule has 0 fully saturated rings. The Morgan fingerprint density at radius 2 is 1.90 bits per heavy atom. The number of hydrogen-bond donors (Lipinski definition) is 3. The van der Waals surface area contributed by atoms with Crippen molar-refractivity contribution >= 4 is 6.08 Å². The quantitative estimate of drug-likeness (QED) is 0.653. The van der Waals surface area contributed by atoms with E-state index in [9.17, 15) is 10.2 Å². The zero-order valence-electron chi connectivity index (χ0n) is 13.3. The highest BCUT2D eigenvalue weighted by Gasteiger charge is 2.20. The lowest BCUT2D eigenvalue weighted by atomic mass is 9.91. The molecular formula is C18H29NO2. The topological polar surface area (TPSA) is 66.5 Å². The Bertz CT molecular complexity index is 437. The van der Waals surface area contributed by atoms with Gasteiger partial charge in [-0.15, -0.1) is 0 Å². The third-order valence-electron chi connectivity index (χ3n) is 3.69. The van der Waals surface area contributed by atoms with Gasteiger partial charge in [-0.05, 0) is 43.0 Å². The average molecular weight is 291 g/mol. The highest BCUT2D eigenvalue weighted by atomic mass is 16.3. The number of rotatable bonds is 9. The van der Waals surface area contributed by atoms with Crippen molar-refractivity contribution in [3.8, 4) is 0 Å². The van der Waals surface area contributed by atoms with Crippen molar-refractivity contribution in [2.75, 3.05) is 6.54 Å². The summed E-state index contributed by atoms with van der Waals surface area (Å²) in [5, 5.41) is 20.6. The molecule has 0 radical (unpaired) electrons. The summed E-state index contributed by atoms with van der Waals surface area (Å²) < 4.78 is 0. The second kappa shape index (κ2) is 8.98. The molecule has 0 aliphatic rings. The van der Waals surface area contributed by atoms with Crippen LogP contribution < -0.4 is 5.73 Å². The van der Waals surface area contributed by atoms with Crippen molar-refractivity contribution in [2.24, 2.45) is 5.73 Å². The van der Waals surface area contributed by atoms with Gasteiger partial charge in [0.15, 0.2) is 0 Å². The second-order valence-electron chi connectivity index (χ2n) is 5.70. The molecule has 21 heavy (non-hydrogen) atoms. The molecule has 118 valence electrons. The summed E-state index contributed by atoms with van der Waals surface area (Å²) in [6.45, 7) is 4.63. The lowest BCUT2D eigenvalue weighted by molar-refractivity contribution is 0.0714. The van der Waals surface area contributed by atoms with Crippen LogP contribution in [-0.2, 0) is 0 Å². The number of nitrogens with two attached hydrogens (primary N) is 1. The number of benzene rings is 1. The summed E-state index contributed by atoms with van der Waals surface area (Å²) in [5.74, 6) is 0. The van der Waals surface area contributed by atoms with Crippen LogP contribution in [0.2, 0.25) is 0 Å². The first-order valence-electron chi connectivity index (χ1n) is 7.94. The summed E-state index contributed by atoms with van der Waals surface area (Å²) in [5.41, 5.74) is 6.62. The van der Waals surface area contributed by atoms with Crippen LogP contribution in [0.5, 0.6) is 0 Å². The number of aliphatic hydroxyl groups is 2. The van der Waals surface area contributed by atoms with E-state index in [2.05, 4.69) is 13.8 Å². The molecule has 0 aliphatic carbocycles. The van der Waals surface area contributed by atoms with E-state index in [0.717, 1.165) is 36.8 Å². The summed E-state index contributed by atoms with van der Waals surface area (Å²) in [4.78, 5) is 0. The molecule has 1 atom stereocenters. The zero-order valence-corrected chi connectivity index (χ0v) is 13.3. The van der Waals surface area contributed by atoms with Crippen LogP contribution in [0.1, 0.15) is 63.2 Å². The highest BCUT2D eigenvalue weighted by molar-refractivity contribution is 5.52. The Kier molecular flexibility index (Phi) is 7.65. The van der Waals surface area contributed by atoms with E-state index in [4.69, 9.17) is 5.73 Å². The molecule has 0 aliphatic heterocycles. The Hall–Kier alpha value is -1.16. The normalized spacial score (nSPS) is 13.8. The Morgan fingerprint density at radius 1 is 1.24 bits per heavy atom. The van der Waals surface area contributed by atoms with Gasteiger partial charge in [-0.1, -0.05) is 57.0 Å². The first-order chi connectivity index (χ1) is 10.0. The van der Waals surface area contributed by atoms with Crippen LogP contribution in [0.4, 0.5) is 0 Å². The van der Waals surface area contributed by atoms with Gasteiger partial charge in [-0.25, -0.2) is 0 Å². The molecule has 4 N–H and O–H groups in total. The average Bonchev–Trinajstić information content (AvgIpc) is 2.46. The molecule has 1 aromatic rings. The summed E-state index contributed by atoms with van der Waals surface area (Å²) in [6.07, 6.45) is 7.33. The molecule has 0 aromatic heterocycles. The predicted octanol–water partition coefficient (Wildman–Crippen LogP) is 3.41. The van der Waals surface area contributed by atoms with Gasteiger partial charge in [0, 0.05) is 0 Å². The molecule has 1 aromatic carbocycles. The van der Waals surface area contributed by atoms with Gasteiger partial charge >= 0.3 is 0 Å². The van der Waals surface area contributed by atoms with Crippen LogP contribution in [0, 0.1) is 0 Å². The van der Waals surface area contributed by atoms with Crippen LogP contribution in [0.25, 0.3) is 6.08 Å².